The molecule has 3 heteroatoms. The lowest BCUT2D eigenvalue weighted by atomic mass is 10.1. The summed E-state index contributed by atoms with van der Waals surface area (Å²) in [4.78, 5) is 10.8. The van der Waals surface area contributed by atoms with Crippen molar-refractivity contribution in [1.82, 2.24) is 0 Å². The molecule has 0 spiro atoms. The molecule has 0 aliphatic rings. The Bertz CT molecular complexity index is 115. The molecule has 66 valence electrons. The van der Waals surface area contributed by atoms with E-state index in [4.69, 9.17) is 10.5 Å². The molecule has 1 unspecified atom stereocenters. The van der Waals surface area contributed by atoms with Crippen LogP contribution in [0.4, 0.5) is 0 Å². The Morgan fingerprint density at radius 1 is 1.55 bits per heavy atom. The number of hydrogen-bond acceptors (Lipinski definition) is 3. The summed E-state index contributed by atoms with van der Waals surface area (Å²) in [6, 6.07) is 0. The summed E-state index contributed by atoms with van der Waals surface area (Å²) < 4.78 is 4.97. The normalized spacial score (nSPS) is 13.0. The van der Waals surface area contributed by atoms with Gasteiger partial charge in [0.2, 0.25) is 0 Å². The smallest absolute Gasteiger partial charge is 0.158 e. The highest BCUT2D eigenvalue weighted by Crippen LogP contribution is 2.04. The van der Waals surface area contributed by atoms with Gasteiger partial charge in [-0.1, -0.05) is 0 Å². The van der Waals surface area contributed by atoms with Crippen LogP contribution in [0.25, 0.3) is 0 Å². The van der Waals surface area contributed by atoms with Crippen molar-refractivity contribution < 1.29 is 9.53 Å². The molecule has 0 fully saturated rings. The predicted octanol–water partition coefficient (Wildman–Crippen LogP) is 0.719. The van der Waals surface area contributed by atoms with Gasteiger partial charge in [-0.2, -0.15) is 0 Å². The fourth-order valence-electron chi connectivity index (χ4n) is 0.961. The zero-order valence-corrected chi connectivity index (χ0v) is 7.30. The first-order valence-corrected chi connectivity index (χ1v) is 3.95. The molecule has 0 aromatic heterocycles. The number of rotatable bonds is 6. The van der Waals surface area contributed by atoms with Crippen molar-refractivity contribution in [3.8, 4) is 0 Å². The molecule has 0 saturated heterocycles. The van der Waals surface area contributed by atoms with Gasteiger partial charge in [-0.15, -0.1) is 0 Å². The van der Waals surface area contributed by atoms with Crippen LogP contribution >= 0.6 is 0 Å². The third-order valence-corrected chi connectivity index (χ3v) is 1.66. The van der Waals surface area contributed by atoms with Crippen LogP contribution in [0.5, 0.6) is 0 Å². The van der Waals surface area contributed by atoms with Crippen LogP contribution in [-0.4, -0.2) is 25.5 Å². The van der Waals surface area contributed by atoms with Gasteiger partial charge in [0.05, 0.1) is 0 Å². The Kier molecular flexibility index (Phi) is 6.07. The minimum Gasteiger partial charge on any atom is -0.374 e. The van der Waals surface area contributed by atoms with E-state index in [1.54, 1.807) is 14.0 Å². The highest BCUT2D eigenvalue weighted by atomic mass is 16.5. The Balaban J connectivity index is 3.44. The maximum Gasteiger partial charge on any atom is 0.158 e. The van der Waals surface area contributed by atoms with Gasteiger partial charge in [0.1, 0.15) is 6.10 Å². The number of nitrogens with two attached hydrogens (primary N) is 1. The number of ether oxygens (including phenoxy) is 1. The molecule has 11 heavy (non-hydrogen) atoms. The van der Waals surface area contributed by atoms with Crippen molar-refractivity contribution in [3.63, 3.8) is 0 Å². The van der Waals surface area contributed by atoms with Gasteiger partial charge in [-0.05, 0) is 32.7 Å². The van der Waals surface area contributed by atoms with Crippen molar-refractivity contribution in [1.29, 1.82) is 0 Å². The topological polar surface area (TPSA) is 52.3 Å². The number of Topliss-reactive ketones (excluding diaryl/α,β-unsaturated/α-hetero) is 1. The molecule has 0 aromatic rings. The summed E-state index contributed by atoms with van der Waals surface area (Å²) in [6.07, 6.45) is 2.51. The van der Waals surface area contributed by atoms with Crippen LogP contribution in [0.15, 0.2) is 0 Å². The van der Waals surface area contributed by atoms with Crippen molar-refractivity contribution in [2.24, 2.45) is 5.73 Å². The fourth-order valence-corrected chi connectivity index (χ4v) is 0.961. The summed E-state index contributed by atoms with van der Waals surface area (Å²) in [5.74, 6) is 0.101. The van der Waals surface area contributed by atoms with E-state index >= 15 is 0 Å². The van der Waals surface area contributed by atoms with E-state index in [-0.39, 0.29) is 11.9 Å². The molecule has 0 heterocycles. The molecule has 0 rings (SSSR count). The average Bonchev–Trinajstić information content (AvgIpc) is 1.97. The average molecular weight is 159 g/mol. The number of unbranched alkanes of at least 4 members (excludes halogenated alkanes) is 1. The second-order valence-electron chi connectivity index (χ2n) is 2.62. The van der Waals surface area contributed by atoms with Gasteiger partial charge in [-0.25, -0.2) is 0 Å². The third kappa shape index (κ3) is 4.93. The first-order chi connectivity index (χ1) is 5.22. The SMILES string of the molecule is COC(CCCCN)C(C)=O. The van der Waals surface area contributed by atoms with Crippen LogP contribution in [0.2, 0.25) is 0 Å². The van der Waals surface area contributed by atoms with Gasteiger partial charge in [-0.3, -0.25) is 4.79 Å². The van der Waals surface area contributed by atoms with Crippen LogP contribution in [0, 0.1) is 0 Å². The number of methoxy groups -OCH3 is 1. The van der Waals surface area contributed by atoms with Crippen LogP contribution < -0.4 is 5.73 Å². The second kappa shape index (κ2) is 6.31. The van der Waals surface area contributed by atoms with Gasteiger partial charge in [0, 0.05) is 7.11 Å². The number of hydrogen-bond donors (Lipinski definition) is 1. The molecule has 0 aromatic carbocycles. The molecule has 0 bridgehead atoms. The Morgan fingerprint density at radius 3 is 2.55 bits per heavy atom. The van der Waals surface area contributed by atoms with Gasteiger partial charge in [0.25, 0.3) is 0 Å². The highest BCUT2D eigenvalue weighted by Gasteiger charge is 2.10. The van der Waals surface area contributed by atoms with E-state index in [0.29, 0.717) is 6.54 Å². The lowest BCUT2D eigenvalue weighted by Gasteiger charge is -2.10. The van der Waals surface area contributed by atoms with Crippen molar-refractivity contribution in [2.45, 2.75) is 32.3 Å². The molecule has 2 N–H and O–H groups in total. The zero-order chi connectivity index (χ0) is 8.69. The monoisotopic (exact) mass is 159 g/mol. The van der Waals surface area contributed by atoms with Gasteiger partial charge < -0.3 is 10.5 Å². The summed E-state index contributed by atoms with van der Waals surface area (Å²) in [5.41, 5.74) is 5.31. The van der Waals surface area contributed by atoms with E-state index in [9.17, 15) is 4.79 Å². The molecule has 0 aliphatic heterocycles. The number of carbonyl (C=O) groups is 1. The predicted molar refractivity (Wildman–Crippen MR) is 44.4 cm³/mol. The summed E-state index contributed by atoms with van der Waals surface area (Å²) in [7, 11) is 1.56. The molecular weight excluding hydrogens is 142 g/mol. The highest BCUT2D eigenvalue weighted by molar-refractivity contribution is 5.80. The number of ketones is 1. The van der Waals surface area contributed by atoms with E-state index in [1.165, 1.54) is 0 Å². The molecule has 0 amide bonds. The maximum atomic E-state index is 10.8. The number of carbonyl (C=O) groups excluding carboxylic acids is 1. The lowest BCUT2D eigenvalue weighted by molar-refractivity contribution is -0.126. The minimum atomic E-state index is -0.221. The van der Waals surface area contributed by atoms with Gasteiger partial charge >= 0.3 is 0 Å². The standard InChI is InChI=1S/C8H17NO2/c1-7(10)8(11-2)5-3-4-6-9/h8H,3-6,9H2,1-2H3. The van der Waals surface area contributed by atoms with Crippen LogP contribution in [0.3, 0.4) is 0 Å². The minimum absolute atomic E-state index is 0.101. The summed E-state index contributed by atoms with van der Waals surface area (Å²) in [6.45, 7) is 2.24. The van der Waals surface area contributed by atoms with E-state index in [0.717, 1.165) is 19.3 Å². The third-order valence-electron chi connectivity index (χ3n) is 1.66. The largest absolute Gasteiger partial charge is 0.374 e. The molecule has 1 atom stereocenters. The van der Waals surface area contributed by atoms with Crippen molar-refractivity contribution >= 4 is 5.78 Å². The first-order valence-electron chi connectivity index (χ1n) is 3.95. The Hall–Kier alpha value is -0.410. The molecule has 3 nitrogen and oxygen atoms in total. The maximum absolute atomic E-state index is 10.8. The summed E-state index contributed by atoms with van der Waals surface area (Å²) >= 11 is 0. The molecule has 0 saturated carbocycles. The van der Waals surface area contributed by atoms with E-state index < -0.39 is 0 Å². The van der Waals surface area contributed by atoms with Crippen molar-refractivity contribution in [3.05, 3.63) is 0 Å². The van der Waals surface area contributed by atoms with Crippen LogP contribution in [0.1, 0.15) is 26.2 Å². The molecule has 0 radical (unpaired) electrons. The molecule has 0 aliphatic carbocycles. The zero-order valence-electron chi connectivity index (χ0n) is 7.30. The Labute approximate surface area is 67.9 Å². The molecular formula is C8H17NO2. The fraction of sp³-hybridized carbons (Fsp3) is 0.875. The van der Waals surface area contributed by atoms with Crippen molar-refractivity contribution in [2.75, 3.05) is 13.7 Å². The second-order valence-corrected chi connectivity index (χ2v) is 2.62. The summed E-state index contributed by atoms with van der Waals surface area (Å²) in [5, 5.41) is 0. The van der Waals surface area contributed by atoms with E-state index in [1.807, 2.05) is 0 Å². The van der Waals surface area contributed by atoms with Gasteiger partial charge in [0.15, 0.2) is 5.78 Å². The first kappa shape index (κ1) is 10.6. The van der Waals surface area contributed by atoms with Crippen LogP contribution in [-0.2, 0) is 9.53 Å². The quantitative estimate of drug-likeness (QED) is 0.581. The Morgan fingerprint density at radius 2 is 2.18 bits per heavy atom. The van der Waals surface area contributed by atoms with E-state index in [2.05, 4.69) is 0 Å². The lowest BCUT2D eigenvalue weighted by Crippen LogP contribution is -2.20.